The minimum atomic E-state index is -0.223. The highest BCUT2D eigenvalue weighted by atomic mass is 16.5. The number of hydrogen-bond acceptors (Lipinski definition) is 7. The van der Waals surface area contributed by atoms with Crippen LogP contribution in [0.4, 0.5) is 0 Å². The normalized spacial score (nSPS) is 14.2. The molecule has 1 saturated heterocycles. The fraction of sp³-hybridized carbons (Fsp3) is 0.455. The third kappa shape index (κ3) is 5.33. The lowest BCUT2D eigenvalue weighted by atomic mass is 10.0. The number of Topliss-reactive ketones (excluding diaryl/α,β-unsaturated/α-hetero) is 1. The number of aromatic nitrogens is 2. The van der Waals surface area contributed by atoms with Gasteiger partial charge in [-0.3, -0.25) is 9.59 Å². The number of likely N-dealkylation sites (tertiary alicyclic amines) is 1. The second kappa shape index (κ2) is 9.67. The second-order valence-corrected chi connectivity index (χ2v) is 7.64. The van der Waals surface area contributed by atoms with Crippen molar-refractivity contribution in [3.05, 3.63) is 41.9 Å². The monoisotopic (exact) mass is 413 g/mol. The molecule has 1 amide bonds. The first-order valence-corrected chi connectivity index (χ1v) is 10.1. The molecule has 160 valence electrons. The molecule has 1 aromatic heterocycles. The molecule has 1 aliphatic heterocycles. The first kappa shape index (κ1) is 21.7. The summed E-state index contributed by atoms with van der Waals surface area (Å²) < 4.78 is 11.6. The van der Waals surface area contributed by atoms with Gasteiger partial charge in [-0.1, -0.05) is 13.8 Å². The number of hydrogen-bond donors (Lipinski definition) is 1. The third-order valence-corrected chi connectivity index (χ3v) is 4.77. The Morgan fingerprint density at radius 3 is 2.40 bits per heavy atom. The van der Waals surface area contributed by atoms with Crippen LogP contribution in [0, 0.1) is 5.92 Å². The number of carbonyl (C=O) groups is 2. The van der Waals surface area contributed by atoms with E-state index >= 15 is 0 Å². The average Bonchev–Trinajstić information content (AvgIpc) is 2.66. The van der Waals surface area contributed by atoms with Crippen molar-refractivity contribution in [2.24, 2.45) is 5.92 Å². The molecule has 1 aromatic carbocycles. The standard InChI is InChI=1S/C22H27N3O5/c1-14(2)21(27)16-9-17(29-15(3)5-8-26)11-18(10-16)30-20-13-23-19(12-24-20)22(28)25-6-4-7-25/h9-15,26H,4-8H2,1-3H3/t15-/m0/s1. The molecular formula is C22H27N3O5. The number of carbonyl (C=O) groups excluding carboxylic acids is 2. The predicted molar refractivity (Wildman–Crippen MR) is 110 cm³/mol. The minimum absolute atomic E-state index is 0.00717. The number of ketones is 1. The van der Waals surface area contributed by atoms with Gasteiger partial charge in [0.15, 0.2) is 5.78 Å². The topological polar surface area (TPSA) is 102 Å². The van der Waals surface area contributed by atoms with Gasteiger partial charge < -0.3 is 19.5 Å². The summed E-state index contributed by atoms with van der Waals surface area (Å²) in [5.74, 6) is 0.687. The number of aliphatic hydroxyl groups is 1. The van der Waals surface area contributed by atoms with Gasteiger partial charge in [0.05, 0.1) is 18.5 Å². The van der Waals surface area contributed by atoms with E-state index < -0.39 is 0 Å². The minimum Gasteiger partial charge on any atom is -0.490 e. The summed E-state index contributed by atoms with van der Waals surface area (Å²) >= 11 is 0. The quantitative estimate of drug-likeness (QED) is 0.630. The van der Waals surface area contributed by atoms with Crippen molar-refractivity contribution in [3.63, 3.8) is 0 Å². The molecule has 0 unspecified atom stereocenters. The number of amides is 1. The van der Waals surface area contributed by atoms with Crippen molar-refractivity contribution < 1.29 is 24.2 Å². The van der Waals surface area contributed by atoms with Gasteiger partial charge in [-0.15, -0.1) is 0 Å². The van der Waals surface area contributed by atoms with Crippen LogP contribution in [0.25, 0.3) is 0 Å². The highest BCUT2D eigenvalue weighted by molar-refractivity contribution is 5.98. The molecule has 8 heteroatoms. The van der Waals surface area contributed by atoms with Crippen LogP contribution in [-0.4, -0.2) is 57.5 Å². The highest BCUT2D eigenvalue weighted by Crippen LogP contribution is 2.28. The van der Waals surface area contributed by atoms with Gasteiger partial charge in [-0.25, -0.2) is 9.97 Å². The molecule has 0 spiro atoms. The van der Waals surface area contributed by atoms with Crippen molar-refractivity contribution >= 4 is 11.7 Å². The van der Waals surface area contributed by atoms with Crippen LogP contribution >= 0.6 is 0 Å². The van der Waals surface area contributed by atoms with Gasteiger partial charge in [0.2, 0.25) is 5.88 Å². The zero-order chi connectivity index (χ0) is 21.7. The van der Waals surface area contributed by atoms with Gasteiger partial charge in [0.1, 0.15) is 17.2 Å². The van der Waals surface area contributed by atoms with E-state index in [0.29, 0.717) is 23.5 Å². The maximum atomic E-state index is 12.5. The highest BCUT2D eigenvalue weighted by Gasteiger charge is 2.23. The number of benzene rings is 1. The molecule has 8 nitrogen and oxygen atoms in total. The molecule has 0 radical (unpaired) electrons. The summed E-state index contributed by atoms with van der Waals surface area (Å²) in [6.07, 6.45) is 4.03. The molecule has 2 heterocycles. The molecule has 3 rings (SSSR count). The summed E-state index contributed by atoms with van der Waals surface area (Å²) in [4.78, 5) is 34.7. The second-order valence-electron chi connectivity index (χ2n) is 7.64. The van der Waals surface area contributed by atoms with E-state index in [-0.39, 0.29) is 41.9 Å². The Bertz CT molecular complexity index is 894. The van der Waals surface area contributed by atoms with Gasteiger partial charge in [0.25, 0.3) is 5.91 Å². The molecule has 1 N–H and O–H groups in total. The van der Waals surface area contributed by atoms with Crippen molar-refractivity contribution in [2.45, 2.75) is 39.7 Å². The van der Waals surface area contributed by atoms with Crippen molar-refractivity contribution in [2.75, 3.05) is 19.7 Å². The number of rotatable bonds is 9. The van der Waals surface area contributed by atoms with Crippen LogP contribution in [0.1, 0.15) is 54.5 Å². The van der Waals surface area contributed by atoms with E-state index in [1.807, 2.05) is 20.8 Å². The Balaban J connectivity index is 1.80. The van der Waals surface area contributed by atoms with Crippen LogP contribution in [0.15, 0.2) is 30.6 Å². The largest absolute Gasteiger partial charge is 0.490 e. The fourth-order valence-corrected chi connectivity index (χ4v) is 2.93. The summed E-state index contributed by atoms with van der Waals surface area (Å²) in [5.41, 5.74) is 0.735. The van der Waals surface area contributed by atoms with Gasteiger partial charge in [-0.2, -0.15) is 0 Å². The number of ether oxygens (including phenoxy) is 2. The summed E-state index contributed by atoms with van der Waals surface area (Å²) in [6, 6.07) is 4.96. The van der Waals surface area contributed by atoms with Gasteiger partial charge >= 0.3 is 0 Å². The maximum Gasteiger partial charge on any atom is 0.274 e. The average molecular weight is 413 g/mol. The maximum absolute atomic E-state index is 12.5. The van der Waals surface area contributed by atoms with E-state index in [2.05, 4.69) is 9.97 Å². The smallest absolute Gasteiger partial charge is 0.274 e. The fourth-order valence-electron chi connectivity index (χ4n) is 2.93. The van der Waals surface area contributed by atoms with Crippen molar-refractivity contribution in [1.82, 2.24) is 14.9 Å². The SMILES string of the molecule is CC(C)C(=O)c1cc(Oc2cnc(C(=O)N3CCC3)cn2)cc(O[C@@H](C)CCO)c1. The molecule has 1 atom stereocenters. The lowest BCUT2D eigenvalue weighted by Gasteiger charge is -2.30. The van der Waals surface area contributed by atoms with E-state index in [9.17, 15) is 9.59 Å². The Labute approximate surface area is 175 Å². The van der Waals surface area contributed by atoms with Crippen molar-refractivity contribution in [3.8, 4) is 17.4 Å². The summed E-state index contributed by atoms with van der Waals surface area (Å²) in [7, 11) is 0. The van der Waals surface area contributed by atoms with Crippen LogP contribution in [0.5, 0.6) is 17.4 Å². The molecule has 0 aliphatic carbocycles. The lowest BCUT2D eigenvalue weighted by molar-refractivity contribution is 0.0645. The first-order valence-electron chi connectivity index (χ1n) is 10.1. The molecule has 1 aliphatic rings. The molecule has 0 bridgehead atoms. The van der Waals surface area contributed by atoms with Crippen LogP contribution in [-0.2, 0) is 0 Å². The van der Waals surface area contributed by atoms with E-state index in [1.165, 1.54) is 12.4 Å². The Morgan fingerprint density at radius 2 is 1.83 bits per heavy atom. The van der Waals surface area contributed by atoms with E-state index in [0.717, 1.165) is 19.5 Å². The van der Waals surface area contributed by atoms with Crippen molar-refractivity contribution in [1.29, 1.82) is 0 Å². The zero-order valence-corrected chi connectivity index (χ0v) is 17.5. The Kier molecular flexibility index (Phi) is 6.99. The zero-order valence-electron chi connectivity index (χ0n) is 17.5. The Morgan fingerprint density at radius 1 is 1.10 bits per heavy atom. The van der Waals surface area contributed by atoms with Gasteiger partial charge in [-0.05, 0) is 25.5 Å². The van der Waals surface area contributed by atoms with E-state index in [4.69, 9.17) is 14.6 Å². The first-order chi connectivity index (χ1) is 14.4. The molecule has 2 aromatic rings. The molecular weight excluding hydrogens is 386 g/mol. The van der Waals surface area contributed by atoms with E-state index in [1.54, 1.807) is 23.1 Å². The molecule has 1 fully saturated rings. The Hall–Kier alpha value is -3.00. The predicted octanol–water partition coefficient (Wildman–Crippen LogP) is 3.10. The third-order valence-electron chi connectivity index (χ3n) is 4.77. The summed E-state index contributed by atoms with van der Waals surface area (Å²) in [6.45, 7) is 6.98. The number of aliphatic hydroxyl groups excluding tert-OH is 1. The molecule has 30 heavy (non-hydrogen) atoms. The van der Waals surface area contributed by atoms with Gasteiger partial charge in [0, 0.05) is 43.7 Å². The lowest BCUT2D eigenvalue weighted by Crippen LogP contribution is -2.42. The summed E-state index contributed by atoms with van der Waals surface area (Å²) in [5, 5.41) is 9.09. The molecule has 0 saturated carbocycles. The van der Waals surface area contributed by atoms with Crippen LogP contribution in [0.3, 0.4) is 0 Å². The van der Waals surface area contributed by atoms with Crippen LogP contribution in [0.2, 0.25) is 0 Å². The number of nitrogens with zero attached hydrogens (tertiary/aromatic N) is 3. The van der Waals surface area contributed by atoms with Crippen LogP contribution < -0.4 is 9.47 Å².